The van der Waals surface area contributed by atoms with Crippen molar-refractivity contribution in [3.8, 4) is 0 Å². The van der Waals surface area contributed by atoms with Crippen LogP contribution in [-0.2, 0) is 4.79 Å². The zero-order chi connectivity index (χ0) is 10.9. The van der Waals surface area contributed by atoms with Gasteiger partial charge in [-0.2, -0.15) is 0 Å². The molecule has 0 radical (unpaired) electrons. The Morgan fingerprint density at radius 3 is 2.67 bits per heavy atom. The summed E-state index contributed by atoms with van der Waals surface area (Å²) in [6, 6.07) is 0. The highest BCUT2D eigenvalue weighted by Crippen LogP contribution is 2.25. The molecule has 1 amide bonds. The Bertz CT molecular complexity index is 176. The van der Waals surface area contributed by atoms with Gasteiger partial charge in [-0.25, -0.2) is 0 Å². The Morgan fingerprint density at radius 2 is 2.00 bits per heavy atom. The summed E-state index contributed by atoms with van der Waals surface area (Å²) >= 11 is 0. The molecule has 1 rings (SSSR count). The number of nitrogens with two attached hydrogens (primary N) is 1. The molecule has 1 aliphatic rings. The van der Waals surface area contributed by atoms with Gasteiger partial charge in [0.05, 0.1) is 0 Å². The predicted octanol–water partition coefficient (Wildman–Crippen LogP) is 1.81. The van der Waals surface area contributed by atoms with Gasteiger partial charge in [0.15, 0.2) is 0 Å². The van der Waals surface area contributed by atoms with E-state index in [1.807, 2.05) is 0 Å². The van der Waals surface area contributed by atoms with Crippen LogP contribution in [0.3, 0.4) is 0 Å². The summed E-state index contributed by atoms with van der Waals surface area (Å²) in [5.41, 5.74) is 5.34. The van der Waals surface area contributed by atoms with Crippen LogP contribution in [0.5, 0.6) is 0 Å². The lowest BCUT2D eigenvalue weighted by molar-refractivity contribution is -0.121. The maximum Gasteiger partial charge on any atom is 0.220 e. The van der Waals surface area contributed by atoms with Gasteiger partial charge in [-0.05, 0) is 25.3 Å². The number of hydrogen-bond acceptors (Lipinski definition) is 2. The molecule has 3 nitrogen and oxygen atoms in total. The number of hydrogen-bond donors (Lipinski definition) is 2. The van der Waals surface area contributed by atoms with Crippen LogP contribution in [0.1, 0.15) is 51.4 Å². The van der Waals surface area contributed by atoms with Gasteiger partial charge < -0.3 is 11.1 Å². The van der Waals surface area contributed by atoms with Gasteiger partial charge in [-0.1, -0.05) is 32.1 Å². The molecule has 0 unspecified atom stereocenters. The number of carbonyl (C=O) groups is 1. The van der Waals surface area contributed by atoms with Crippen molar-refractivity contribution in [2.45, 2.75) is 51.4 Å². The predicted molar refractivity (Wildman–Crippen MR) is 62.5 cm³/mol. The molecule has 0 heterocycles. The third kappa shape index (κ3) is 5.78. The van der Waals surface area contributed by atoms with Gasteiger partial charge >= 0.3 is 0 Å². The van der Waals surface area contributed by atoms with E-state index in [1.54, 1.807) is 0 Å². The van der Waals surface area contributed by atoms with Gasteiger partial charge in [0.25, 0.3) is 0 Å². The van der Waals surface area contributed by atoms with Crippen LogP contribution in [-0.4, -0.2) is 19.0 Å². The number of carbonyl (C=O) groups excluding carboxylic acids is 1. The van der Waals surface area contributed by atoms with E-state index in [0.29, 0.717) is 13.0 Å². The Kier molecular flexibility index (Phi) is 6.41. The van der Waals surface area contributed by atoms with Crippen LogP contribution in [0.4, 0.5) is 0 Å². The second kappa shape index (κ2) is 7.69. The first-order valence-corrected chi connectivity index (χ1v) is 6.29. The summed E-state index contributed by atoms with van der Waals surface area (Å²) < 4.78 is 0. The maximum absolute atomic E-state index is 11.3. The van der Waals surface area contributed by atoms with E-state index in [-0.39, 0.29) is 5.91 Å². The van der Waals surface area contributed by atoms with E-state index in [1.165, 1.54) is 32.1 Å². The second-order valence-electron chi connectivity index (χ2n) is 4.53. The number of amides is 1. The Morgan fingerprint density at radius 1 is 1.27 bits per heavy atom. The molecule has 15 heavy (non-hydrogen) atoms. The zero-order valence-corrected chi connectivity index (χ0v) is 9.63. The van der Waals surface area contributed by atoms with Crippen molar-refractivity contribution < 1.29 is 4.79 Å². The van der Waals surface area contributed by atoms with Crippen LogP contribution < -0.4 is 11.1 Å². The van der Waals surface area contributed by atoms with E-state index < -0.39 is 0 Å². The maximum atomic E-state index is 11.3. The molecule has 1 fully saturated rings. The second-order valence-corrected chi connectivity index (χ2v) is 4.53. The minimum atomic E-state index is 0.163. The summed E-state index contributed by atoms with van der Waals surface area (Å²) in [6.07, 6.45) is 9.43. The standard InChI is InChI=1S/C12H24N2O/c13-9-4-7-12(15)14-10-8-11-5-2-1-3-6-11/h11H,1-10,13H2,(H,14,15). The molecule has 0 aromatic carbocycles. The molecule has 88 valence electrons. The molecule has 0 atom stereocenters. The van der Waals surface area contributed by atoms with Crippen molar-refractivity contribution in [1.82, 2.24) is 5.32 Å². The first-order chi connectivity index (χ1) is 7.33. The van der Waals surface area contributed by atoms with Crippen LogP contribution in [0.15, 0.2) is 0 Å². The molecule has 1 saturated carbocycles. The average Bonchev–Trinajstić information content (AvgIpc) is 2.28. The van der Waals surface area contributed by atoms with Gasteiger partial charge in [-0.15, -0.1) is 0 Å². The largest absolute Gasteiger partial charge is 0.356 e. The van der Waals surface area contributed by atoms with Gasteiger partial charge in [0.2, 0.25) is 5.91 Å². The van der Waals surface area contributed by atoms with E-state index in [9.17, 15) is 4.79 Å². The van der Waals surface area contributed by atoms with Crippen molar-refractivity contribution in [1.29, 1.82) is 0 Å². The Balaban J connectivity index is 1.97. The molecule has 0 aliphatic heterocycles. The summed E-state index contributed by atoms with van der Waals surface area (Å²) in [6.45, 7) is 1.46. The van der Waals surface area contributed by atoms with E-state index in [0.717, 1.165) is 25.3 Å². The first-order valence-electron chi connectivity index (χ1n) is 6.29. The van der Waals surface area contributed by atoms with Crippen LogP contribution in [0, 0.1) is 5.92 Å². The van der Waals surface area contributed by atoms with Crippen molar-refractivity contribution in [3.63, 3.8) is 0 Å². The van der Waals surface area contributed by atoms with Crippen molar-refractivity contribution in [2.75, 3.05) is 13.1 Å². The Labute approximate surface area is 92.8 Å². The monoisotopic (exact) mass is 212 g/mol. The highest BCUT2D eigenvalue weighted by atomic mass is 16.1. The van der Waals surface area contributed by atoms with Crippen molar-refractivity contribution in [3.05, 3.63) is 0 Å². The highest BCUT2D eigenvalue weighted by Gasteiger charge is 2.12. The van der Waals surface area contributed by atoms with E-state index in [4.69, 9.17) is 5.73 Å². The average molecular weight is 212 g/mol. The minimum absolute atomic E-state index is 0.163. The summed E-state index contributed by atoms with van der Waals surface area (Å²) in [5, 5.41) is 2.97. The van der Waals surface area contributed by atoms with Crippen molar-refractivity contribution >= 4 is 5.91 Å². The van der Waals surface area contributed by atoms with Crippen LogP contribution in [0.25, 0.3) is 0 Å². The van der Waals surface area contributed by atoms with Crippen LogP contribution in [0.2, 0.25) is 0 Å². The fraction of sp³-hybridized carbons (Fsp3) is 0.917. The van der Waals surface area contributed by atoms with Gasteiger partial charge in [0, 0.05) is 13.0 Å². The molecule has 0 saturated heterocycles. The quantitative estimate of drug-likeness (QED) is 0.705. The molecule has 0 bridgehead atoms. The lowest BCUT2D eigenvalue weighted by Crippen LogP contribution is -2.26. The molecular formula is C12H24N2O. The molecule has 3 N–H and O–H groups in total. The fourth-order valence-electron chi connectivity index (χ4n) is 2.24. The molecule has 0 spiro atoms. The lowest BCUT2D eigenvalue weighted by atomic mass is 9.87. The summed E-state index contributed by atoms with van der Waals surface area (Å²) in [5.74, 6) is 1.02. The molecule has 1 aliphatic carbocycles. The zero-order valence-electron chi connectivity index (χ0n) is 9.63. The molecule has 0 aromatic heterocycles. The summed E-state index contributed by atoms with van der Waals surface area (Å²) in [4.78, 5) is 11.3. The first kappa shape index (κ1) is 12.5. The minimum Gasteiger partial charge on any atom is -0.356 e. The fourth-order valence-corrected chi connectivity index (χ4v) is 2.24. The normalized spacial score (nSPS) is 17.7. The van der Waals surface area contributed by atoms with Crippen molar-refractivity contribution in [2.24, 2.45) is 11.7 Å². The van der Waals surface area contributed by atoms with Crippen LogP contribution >= 0.6 is 0 Å². The SMILES string of the molecule is NCCCC(=O)NCCC1CCCCC1. The van der Waals surface area contributed by atoms with E-state index >= 15 is 0 Å². The molecule has 0 aromatic rings. The molecular weight excluding hydrogens is 188 g/mol. The topological polar surface area (TPSA) is 55.1 Å². The smallest absolute Gasteiger partial charge is 0.220 e. The highest BCUT2D eigenvalue weighted by molar-refractivity contribution is 5.75. The molecule has 3 heteroatoms. The van der Waals surface area contributed by atoms with E-state index in [2.05, 4.69) is 5.32 Å². The lowest BCUT2D eigenvalue weighted by Gasteiger charge is -2.21. The third-order valence-corrected chi connectivity index (χ3v) is 3.21. The summed E-state index contributed by atoms with van der Waals surface area (Å²) in [7, 11) is 0. The third-order valence-electron chi connectivity index (χ3n) is 3.21. The van der Waals surface area contributed by atoms with Gasteiger partial charge in [-0.3, -0.25) is 4.79 Å². The number of rotatable bonds is 6. The van der Waals surface area contributed by atoms with Gasteiger partial charge in [0.1, 0.15) is 0 Å². The number of nitrogens with one attached hydrogen (secondary N) is 1. The Hall–Kier alpha value is -0.570.